The maximum atomic E-state index is 13.0. The number of likely N-dealkylation sites (tertiary alicyclic amines) is 2. The molecule has 2 amide bonds. The van der Waals surface area contributed by atoms with Gasteiger partial charge in [-0.3, -0.25) is 14.6 Å². The van der Waals surface area contributed by atoms with E-state index in [0.29, 0.717) is 44.2 Å². The van der Waals surface area contributed by atoms with E-state index in [1.54, 1.807) is 37.8 Å². The van der Waals surface area contributed by atoms with Crippen LogP contribution in [-0.2, 0) is 42.9 Å². The molecule has 19 heteroatoms. The van der Waals surface area contributed by atoms with E-state index in [4.69, 9.17) is 30.2 Å². The van der Waals surface area contributed by atoms with Crippen LogP contribution < -0.4 is 5.73 Å². The molecule has 0 bridgehead atoms. The number of rotatable bonds is 12. The number of methoxy groups -OCH3 is 2. The van der Waals surface area contributed by atoms with Gasteiger partial charge in [-0.2, -0.15) is 13.2 Å². The van der Waals surface area contributed by atoms with E-state index < -0.39 is 59.6 Å². The van der Waals surface area contributed by atoms with Gasteiger partial charge in [-0.05, 0) is 111 Å². The lowest BCUT2D eigenvalue weighted by molar-refractivity contribution is -0.192. The van der Waals surface area contributed by atoms with E-state index >= 15 is 0 Å². The van der Waals surface area contributed by atoms with Crippen LogP contribution in [0.1, 0.15) is 127 Å². The summed E-state index contributed by atoms with van der Waals surface area (Å²) < 4.78 is 51.5. The van der Waals surface area contributed by atoms with Crippen molar-refractivity contribution < 1.29 is 75.9 Å². The molecule has 62 heavy (non-hydrogen) atoms. The molecule has 0 aromatic rings. The zero-order valence-corrected chi connectivity index (χ0v) is 38.5. The van der Waals surface area contributed by atoms with Crippen LogP contribution >= 0.6 is 0 Å². The zero-order valence-electron chi connectivity index (χ0n) is 38.5. The number of carbonyl (C=O) groups excluding carboxylic acids is 5. The lowest BCUT2D eigenvalue weighted by Gasteiger charge is -2.36. The van der Waals surface area contributed by atoms with Gasteiger partial charge in [0.1, 0.15) is 17.2 Å². The Morgan fingerprint density at radius 3 is 1.42 bits per heavy atom. The molecule has 358 valence electrons. The molecule has 2 heterocycles. The number of alkyl halides is 3. The van der Waals surface area contributed by atoms with E-state index in [9.17, 15) is 41.9 Å². The van der Waals surface area contributed by atoms with Crippen LogP contribution in [0.3, 0.4) is 0 Å². The molecule has 0 radical (unpaired) electrons. The van der Waals surface area contributed by atoms with Crippen molar-refractivity contribution in [2.24, 2.45) is 23.5 Å². The van der Waals surface area contributed by atoms with Crippen molar-refractivity contribution >= 4 is 41.8 Å². The van der Waals surface area contributed by atoms with Gasteiger partial charge in [-0.25, -0.2) is 28.8 Å². The summed E-state index contributed by atoms with van der Waals surface area (Å²) in [5, 5.41) is 16.1. The second-order valence-corrected chi connectivity index (χ2v) is 17.6. The van der Waals surface area contributed by atoms with Crippen molar-refractivity contribution in [1.82, 2.24) is 9.80 Å². The number of hydrogen-bond donors (Lipinski definition) is 3. The summed E-state index contributed by atoms with van der Waals surface area (Å²) in [5.74, 6) is -3.59. The molecule has 16 nitrogen and oxygen atoms in total. The minimum absolute atomic E-state index is 0.0284. The highest BCUT2D eigenvalue weighted by Crippen LogP contribution is 2.26. The van der Waals surface area contributed by atoms with E-state index in [1.807, 2.05) is 20.8 Å². The Hall–Kier alpha value is -4.68. The predicted molar refractivity (Wildman–Crippen MR) is 225 cm³/mol. The van der Waals surface area contributed by atoms with Crippen molar-refractivity contribution in [3.8, 4) is 0 Å². The quantitative estimate of drug-likeness (QED) is 0.0969. The van der Waals surface area contributed by atoms with Gasteiger partial charge in [0.15, 0.2) is 5.78 Å². The summed E-state index contributed by atoms with van der Waals surface area (Å²) in [6, 6.07) is -1.23. The fraction of sp³-hybridized carbons (Fsp3) is 0.744. The summed E-state index contributed by atoms with van der Waals surface area (Å²) in [6.45, 7) is 20.1. The topological polar surface area (TPSA) is 229 Å². The number of carbonyl (C=O) groups is 7. The number of ketones is 1. The minimum atomic E-state index is -5.08. The Morgan fingerprint density at radius 1 is 0.677 bits per heavy atom. The summed E-state index contributed by atoms with van der Waals surface area (Å²) in [4.78, 5) is 82.1. The third kappa shape index (κ3) is 28.8. The first kappa shape index (κ1) is 59.4. The number of aliphatic carboxylic acids is 2. The highest BCUT2D eigenvalue weighted by atomic mass is 19.4. The maximum Gasteiger partial charge on any atom is 0.490 e. The lowest BCUT2D eigenvalue weighted by Crippen LogP contribution is -2.50. The largest absolute Gasteiger partial charge is 0.490 e. The van der Waals surface area contributed by atoms with Gasteiger partial charge >= 0.3 is 42.2 Å². The van der Waals surface area contributed by atoms with Crippen molar-refractivity contribution in [1.29, 1.82) is 0 Å². The second kappa shape index (κ2) is 28.8. The third-order valence-electron chi connectivity index (χ3n) is 8.53. The van der Waals surface area contributed by atoms with E-state index in [1.165, 1.54) is 31.3 Å². The molecule has 4 N–H and O–H groups in total. The van der Waals surface area contributed by atoms with Crippen LogP contribution in [0.4, 0.5) is 22.8 Å². The van der Waals surface area contributed by atoms with Crippen molar-refractivity contribution in [2.45, 2.75) is 163 Å². The molecule has 0 aliphatic carbocycles. The molecule has 2 aliphatic rings. The van der Waals surface area contributed by atoms with Gasteiger partial charge in [0.25, 0.3) is 0 Å². The zero-order chi connectivity index (χ0) is 48.6. The number of allylic oxidation sites excluding steroid dienone is 1. The standard InChI is InChI=1S/C21H35NO5.C11H19NO4.C9H17NO2.C2HF3O2/c1-15(2)13-16(10-11-19(24)26-6)14-18(23)17-9-7-8-12-22(17)20(25)27-21(3,4)5;1-11(2,3)16-10(15)12-7-5-4-6-8(12)9(13)14;1-7(2)6-8(10)4-5-9(11)12-3;3-2(4,5)1(6)7/h10-11,15-17H,7-9,12-14H2,1-6H3;8H,4-7H2,1-3H3,(H,13,14);4-5,7-8H,6,10H2,1-3H3;(H,6,7)/b11-10+;;5-4+;/t16-,17+;2*8-;/m101./s1. The number of ether oxygens (including phenoxy) is 4. The molecule has 0 unspecified atom stereocenters. The molecule has 0 saturated carbocycles. The first-order valence-electron chi connectivity index (χ1n) is 20.7. The van der Waals surface area contributed by atoms with Crippen LogP contribution in [0.15, 0.2) is 24.3 Å². The fourth-order valence-corrected chi connectivity index (χ4v) is 5.94. The number of nitrogens with two attached hydrogens (primary N) is 1. The van der Waals surface area contributed by atoms with E-state index in [0.717, 1.165) is 38.5 Å². The molecule has 2 saturated heterocycles. The van der Waals surface area contributed by atoms with Gasteiger partial charge in [0.05, 0.1) is 20.3 Å². The number of esters is 2. The molecule has 0 spiro atoms. The molecule has 2 aliphatic heterocycles. The molecule has 2 rings (SSSR count). The molecular weight excluding hydrogens is 823 g/mol. The van der Waals surface area contributed by atoms with Gasteiger partial charge in [0, 0.05) is 37.7 Å². The molecule has 2 fully saturated rings. The number of halogens is 3. The van der Waals surface area contributed by atoms with Gasteiger partial charge in [-0.15, -0.1) is 0 Å². The van der Waals surface area contributed by atoms with Crippen LogP contribution in [0.5, 0.6) is 0 Å². The fourth-order valence-electron chi connectivity index (χ4n) is 5.94. The minimum Gasteiger partial charge on any atom is -0.480 e. The monoisotopic (exact) mass is 896 g/mol. The average Bonchev–Trinajstić information content (AvgIpc) is 3.14. The Morgan fingerprint density at radius 2 is 1.06 bits per heavy atom. The van der Waals surface area contributed by atoms with Crippen molar-refractivity contribution in [3.05, 3.63) is 24.3 Å². The summed E-state index contributed by atoms with van der Waals surface area (Å²) in [5.41, 5.74) is 4.51. The smallest absolute Gasteiger partial charge is 0.480 e. The predicted octanol–water partition coefficient (Wildman–Crippen LogP) is 7.71. The van der Waals surface area contributed by atoms with Crippen LogP contribution in [0, 0.1) is 17.8 Å². The Kier molecular flexibility index (Phi) is 27.6. The normalized spacial score (nSPS) is 17.9. The second-order valence-electron chi connectivity index (χ2n) is 17.6. The van der Waals surface area contributed by atoms with Gasteiger partial charge < -0.3 is 34.9 Å². The highest BCUT2D eigenvalue weighted by Gasteiger charge is 2.38. The number of carboxylic acid groups (broad SMARTS) is 2. The number of carboxylic acids is 2. The SMILES string of the molecule is CC(C)(C)OC(=O)N1CCCC[C@H]1C(=O)O.COC(=O)/C=C/[C@@H](CC(=O)[C@@H]1CCCCN1C(=O)OC(C)(C)C)CC(C)C.COC(=O)/C=C/[C@@H](N)CC(C)C.O=C(O)C(F)(F)F. The number of hydrogen-bond acceptors (Lipinski definition) is 12. The molecular formula is C43H72F3N3O13. The van der Waals surface area contributed by atoms with Gasteiger partial charge in [0.2, 0.25) is 0 Å². The maximum absolute atomic E-state index is 13.0. The first-order valence-corrected chi connectivity index (χ1v) is 20.7. The molecule has 4 atom stereocenters. The summed E-state index contributed by atoms with van der Waals surface area (Å²) >= 11 is 0. The Balaban J connectivity index is 0. The summed E-state index contributed by atoms with van der Waals surface area (Å²) in [7, 11) is 2.68. The Bertz CT molecular complexity index is 1490. The van der Waals surface area contributed by atoms with Crippen molar-refractivity contribution in [2.75, 3.05) is 27.3 Å². The molecule has 0 aromatic heterocycles. The van der Waals surface area contributed by atoms with E-state index in [2.05, 4.69) is 37.2 Å². The summed E-state index contributed by atoms with van der Waals surface area (Å²) in [6.07, 6.45) is 6.76. The number of Topliss-reactive ketones (excluding diaryl/α,β-unsaturated/α-hetero) is 1. The van der Waals surface area contributed by atoms with Crippen molar-refractivity contribution in [3.63, 3.8) is 0 Å². The average molecular weight is 896 g/mol. The Labute approximate surface area is 364 Å². The van der Waals surface area contributed by atoms with Crippen LogP contribution in [0.2, 0.25) is 0 Å². The highest BCUT2D eigenvalue weighted by molar-refractivity contribution is 5.88. The lowest BCUT2D eigenvalue weighted by atomic mass is 9.88. The van der Waals surface area contributed by atoms with Gasteiger partial charge in [-0.1, -0.05) is 39.8 Å². The number of amides is 2. The van der Waals surface area contributed by atoms with E-state index in [-0.39, 0.29) is 23.7 Å². The first-order chi connectivity index (χ1) is 28.3. The third-order valence-corrected chi connectivity index (χ3v) is 8.53. The number of piperidine rings is 2. The van der Waals surface area contributed by atoms with Crippen LogP contribution in [0.25, 0.3) is 0 Å². The number of nitrogens with zero attached hydrogens (tertiary/aromatic N) is 2. The molecule has 0 aromatic carbocycles. The van der Waals surface area contributed by atoms with Crippen LogP contribution in [-0.4, -0.2) is 125 Å².